The van der Waals surface area contributed by atoms with Gasteiger partial charge in [-0.1, -0.05) is 6.07 Å². The first-order chi connectivity index (χ1) is 10.5. The van der Waals surface area contributed by atoms with Crippen LogP contribution in [0, 0.1) is 12.7 Å². The molecule has 0 aliphatic rings. The molecule has 0 saturated heterocycles. The van der Waals surface area contributed by atoms with Crippen molar-refractivity contribution in [3.8, 4) is 5.75 Å². The molecule has 5 nitrogen and oxygen atoms in total. The molecular weight excluding hydrogens is 287 g/mol. The van der Waals surface area contributed by atoms with Crippen molar-refractivity contribution < 1.29 is 18.7 Å². The molecule has 116 valence electrons. The van der Waals surface area contributed by atoms with Gasteiger partial charge in [0.1, 0.15) is 5.82 Å². The third kappa shape index (κ3) is 3.52. The maximum Gasteiger partial charge on any atom is 0.339 e. The Kier molecular flexibility index (Phi) is 4.93. The van der Waals surface area contributed by atoms with Gasteiger partial charge in [-0.2, -0.15) is 0 Å². The lowest BCUT2D eigenvalue weighted by Crippen LogP contribution is -2.08. The highest BCUT2D eigenvalue weighted by atomic mass is 19.1. The van der Waals surface area contributed by atoms with Crippen LogP contribution in [0.5, 0.6) is 5.75 Å². The minimum absolute atomic E-state index is 0.208. The summed E-state index contributed by atoms with van der Waals surface area (Å²) in [5.41, 5.74) is 1.75. The first-order valence-electron chi connectivity index (χ1n) is 6.67. The van der Waals surface area contributed by atoms with Gasteiger partial charge in [-0.15, -0.1) is 0 Å². The zero-order valence-electron chi connectivity index (χ0n) is 12.6. The first-order valence-corrected chi connectivity index (χ1v) is 6.67. The van der Waals surface area contributed by atoms with Crippen molar-refractivity contribution in [3.63, 3.8) is 0 Å². The number of nitrogens with one attached hydrogen (secondary N) is 1. The monoisotopic (exact) mass is 304 g/mol. The summed E-state index contributed by atoms with van der Waals surface area (Å²) in [7, 11) is 2.75. The Hall–Kier alpha value is -2.63. The summed E-state index contributed by atoms with van der Waals surface area (Å²) in [6.07, 6.45) is 0. The van der Waals surface area contributed by atoms with Gasteiger partial charge in [0.05, 0.1) is 25.5 Å². The van der Waals surface area contributed by atoms with Crippen LogP contribution in [0.25, 0.3) is 0 Å². The molecule has 1 heterocycles. The number of hydrogen-bond acceptors (Lipinski definition) is 5. The summed E-state index contributed by atoms with van der Waals surface area (Å²) >= 11 is 0. The Morgan fingerprint density at radius 3 is 2.64 bits per heavy atom. The average Bonchev–Trinajstić information content (AvgIpc) is 2.52. The zero-order chi connectivity index (χ0) is 16.1. The van der Waals surface area contributed by atoms with E-state index in [0.717, 1.165) is 5.56 Å². The molecule has 6 heteroatoms. The van der Waals surface area contributed by atoms with Crippen molar-refractivity contribution in [1.82, 2.24) is 4.98 Å². The fourth-order valence-electron chi connectivity index (χ4n) is 2.00. The topological polar surface area (TPSA) is 60.5 Å². The van der Waals surface area contributed by atoms with Gasteiger partial charge in [0.25, 0.3) is 0 Å². The highest BCUT2D eigenvalue weighted by molar-refractivity contribution is 5.90. The molecule has 22 heavy (non-hydrogen) atoms. The molecule has 2 aromatic rings. The fourth-order valence-corrected chi connectivity index (χ4v) is 2.00. The molecule has 0 saturated carbocycles. The minimum atomic E-state index is -0.422. The lowest BCUT2D eigenvalue weighted by atomic mass is 10.2. The van der Waals surface area contributed by atoms with E-state index in [1.807, 2.05) is 0 Å². The number of aryl methyl sites for hydroxylation is 1. The Bertz CT molecular complexity index is 689. The Balaban J connectivity index is 2.07. The number of ether oxygens (including phenoxy) is 2. The van der Waals surface area contributed by atoms with Crippen molar-refractivity contribution >= 4 is 11.8 Å². The smallest absolute Gasteiger partial charge is 0.339 e. The molecule has 0 atom stereocenters. The molecule has 2 rings (SSSR count). The fraction of sp³-hybridized carbons (Fsp3) is 0.250. The molecule has 0 amide bonds. The number of carbonyl (C=O) groups is 1. The predicted molar refractivity (Wildman–Crippen MR) is 80.6 cm³/mol. The van der Waals surface area contributed by atoms with Gasteiger partial charge >= 0.3 is 5.97 Å². The maximum absolute atomic E-state index is 13.6. The van der Waals surface area contributed by atoms with E-state index in [-0.39, 0.29) is 5.75 Å². The van der Waals surface area contributed by atoms with Crippen LogP contribution in [0.15, 0.2) is 30.3 Å². The molecule has 1 N–H and O–H groups in total. The van der Waals surface area contributed by atoms with Crippen LogP contribution in [0.3, 0.4) is 0 Å². The molecule has 0 bridgehead atoms. The number of pyridine rings is 1. The summed E-state index contributed by atoms with van der Waals surface area (Å²) < 4.78 is 23.1. The Morgan fingerprint density at radius 2 is 2.05 bits per heavy atom. The standard InChI is InChI=1S/C16H17FN2O3/c1-10-12(16(20)22-3)5-7-15(19-10)18-9-11-4-6-14(21-2)13(17)8-11/h4-8H,9H2,1-3H3,(H,18,19). The van der Waals surface area contributed by atoms with Crippen LogP contribution in [-0.2, 0) is 11.3 Å². The second-order valence-electron chi connectivity index (χ2n) is 4.64. The van der Waals surface area contributed by atoms with E-state index in [4.69, 9.17) is 4.74 Å². The number of benzene rings is 1. The van der Waals surface area contributed by atoms with Crippen LogP contribution in [0.1, 0.15) is 21.6 Å². The van der Waals surface area contributed by atoms with E-state index in [0.29, 0.717) is 23.6 Å². The third-order valence-corrected chi connectivity index (χ3v) is 3.18. The van der Waals surface area contributed by atoms with Crippen molar-refractivity contribution in [2.75, 3.05) is 19.5 Å². The summed E-state index contributed by atoms with van der Waals surface area (Å²) in [5, 5.41) is 3.08. The number of methoxy groups -OCH3 is 2. The number of halogens is 1. The number of nitrogens with zero attached hydrogens (tertiary/aromatic N) is 1. The molecule has 0 spiro atoms. The predicted octanol–water partition coefficient (Wildman–Crippen LogP) is 2.94. The Morgan fingerprint density at radius 1 is 1.27 bits per heavy atom. The summed E-state index contributed by atoms with van der Waals surface area (Å²) in [5.74, 6) is -0.0257. The van der Waals surface area contributed by atoms with Gasteiger partial charge in [-0.25, -0.2) is 14.2 Å². The highest BCUT2D eigenvalue weighted by Gasteiger charge is 2.10. The van der Waals surface area contributed by atoms with E-state index >= 15 is 0 Å². The van der Waals surface area contributed by atoms with Crippen LogP contribution in [-0.4, -0.2) is 25.2 Å². The molecule has 0 radical (unpaired) electrons. The van der Waals surface area contributed by atoms with Gasteiger partial charge in [-0.3, -0.25) is 0 Å². The van der Waals surface area contributed by atoms with Crippen molar-refractivity contribution in [1.29, 1.82) is 0 Å². The third-order valence-electron chi connectivity index (χ3n) is 3.18. The SMILES string of the molecule is COC(=O)c1ccc(NCc2ccc(OC)c(F)c2)nc1C. The van der Waals surface area contributed by atoms with Crippen molar-refractivity contribution in [3.05, 3.63) is 53.0 Å². The second-order valence-corrected chi connectivity index (χ2v) is 4.64. The number of hydrogen-bond donors (Lipinski definition) is 1. The molecule has 0 aliphatic carbocycles. The largest absolute Gasteiger partial charge is 0.494 e. The van der Waals surface area contributed by atoms with E-state index < -0.39 is 11.8 Å². The van der Waals surface area contributed by atoms with Gasteiger partial charge in [0, 0.05) is 6.54 Å². The number of anilines is 1. The van der Waals surface area contributed by atoms with Crippen LogP contribution in [0.4, 0.5) is 10.2 Å². The van der Waals surface area contributed by atoms with Gasteiger partial charge in [-0.05, 0) is 36.8 Å². The van der Waals surface area contributed by atoms with Gasteiger partial charge < -0.3 is 14.8 Å². The normalized spacial score (nSPS) is 10.2. The number of carbonyl (C=O) groups excluding carboxylic acids is 1. The zero-order valence-corrected chi connectivity index (χ0v) is 12.6. The van der Waals surface area contributed by atoms with Crippen molar-refractivity contribution in [2.45, 2.75) is 13.5 Å². The second kappa shape index (κ2) is 6.89. The van der Waals surface area contributed by atoms with Gasteiger partial charge in [0.2, 0.25) is 0 Å². The van der Waals surface area contributed by atoms with E-state index in [9.17, 15) is 9.18 Å². The maximum atomic E-state index is 13.6. The summed E-state index contributed by atoms with van der Waals surface area (Å²) in [6.45, 7) is 2.13. The molecule has 0 unspecified atom stereocenters. The Labute approximate surface area is 128 Å². The van der Waals surface area contributed by atoms with Gasteiger partial charge in [0.15, 0.2) is 11.6 Å². The molecule has 0 fully saturated rings. The highest BCUT2D eigenvalue weighted by Crippen LogP contribution is 2.18. The van der Waals surface area contributed by atoms with Crippen molar-refractivity contribution in [2.24, 2.45) is 0 Å². The van der Waals surface area contributed by atoms with E-state index in [1.165, 1.54) is 20.3 Å². The molecule has 1 aromatic carbocycles. The lowest BCUT2D eigenvalue weighted by molar-refractivity contribution is 0.0599. The molecule has 1 aromatic heterocycles. The quantitative estimate of drug-likeness (QED) is 0.861. The lowest BCUT2D eigenvalue weighted by Gasteiger charge is -2.09. The molecule has 0 aliphatic heterocycles. The molecular formula is C16H17FN2O3. The average molecular weight is 304 g/mol. The van der Waals surface area contributed by atoms with E-state index in [2.05, 4.69) is 15.0 Å². The number of rotatable bonds is 5. The van der Waals surface area contributed by atoms with Crippen LogP contribution >= 0.6 is 0 Å². The minimum Gasteiger partial charge on any atom is -0.494 e. The summed E-state index contributed by atoms with van der Waals surface area (Å²) in [4.78, 5) is 15.8. The van der Waals surface area contributed by atoms with Crippen LogP contribution < -0.4 is 10.1 Å². The van der Waals surface area contributed by atoms with Crippen LogP contribution in [0.2, 0.25) is 0 Å². The van der Waals surface area contributed by atoms with E-state index in [1.54, 1.807) is 31.2 Å². The number of aromatic nitrogens is 1. The number of esters is 1. The first kappa shape index (κ1) is 15.8. The summed E-state index contributed by atoms with van der Waals surface area (Å²) in [6, 6.07) is 8.07.